The Labute approximate surface area is 158 Å². The fourth-order valence-electron chi connectivity index (χ4n) is 2.77. The minimum atomic E-state index is -0.166. The molecule has 1 heterocycles. The number of carbonyl (C=O) groups is 1. The zero-order valence-electron chi connectivity index (χ0n) is 15.7. The minimum Gasteiger partial charge on any atom is -0.497 e. The van der Waals surface area contributed by atoms with Gasteiger partial charge in [0.05, 0.1) is 36.8 Å². The molecule has 0 unspecified atom stereocenters. The number of carbonyl (C=O) groups excluding carboxylic acids is 1. The molecule has 1 aromatic heterocycles. The van der Waals surface area contributed by atoms with Gasteiger partial charge in [0.15, 0.2) is 0 Å². The van der Waals surface area contributed by atoms with E-state index in [2.05, 4.69) is 10.4 Å². The number of amides is 1. The van der Waals surface area contributed by atoms with Crippen molar-refractivity contribution >= 4 is 5.91 Å². The van der Waals surface area contributed by atoms with Gasteiger partial charge >= 0.3 is 0 Å². The van der Waals surface area contributed by atoms with Crippen LogP contribution in [0.15, 0.2) is 54.7 Å². The molecule has 0 fully saturated rings. The van der Waals surface area contributed by atoms with Crippen LogP contribution < -0.4 is 14.8 Å². The van der Waals surface area contributed by atoms with Crippen molar-refractivity contribution in [1.82, 2.24) is 15.1 Å². The van der Waals surface area contributed by atoms with Crippen molar-refractivity contribution in [3.63, 3.8) is 0 Å². The highest BCUT2D eigenvalue weighted by molar-refractivity contribution is 5.95. The summed E-state index contributed by atoms with van der Waals surface area (Å²) in [5.74, 6) is 1.27. The molecular weight excluding hydrogens is 342 g/mol. The molecule has 1 N–H and O–H groups in total. The number of hydrogen-bond donors (Lipinski definition) is 1. The molecule has 27 heavy (non-hydrogen) atoms. The molecule has 0 bridgehead atoms. The molecule has 0 saturated heterocycles. The first-order valence-electron chi connectivity index (χ1n) is 8.75. The van der Waals surface area contributed by atoms with Gasteiger partial charge in [-0.2, -0.15) is 5.10 Å². The summed E-state index contributed by atoms with van der Waals surface area (Å²) in [6.45, 7) is 4.67. The van der Waals surface area contributed by atoms with E-state index in [-0.39, 0.29) is 5.91 Å². The van der Waals surface area contributed by atoms with E-state index in [0.717, 1.165) is 22.7 Å². The Kier molecular flexibility index (Phi) is 5.76. The molecule has 0 atom stereocenters. The number of rotatable bonds is 7. The fraction of sp³-hybridized carbons (Fsp3) is 0.238. The van der Waals surface area contributed by atoms with Crippen LogP contribution in [0.5, 0.6) is 11.5 Å². The third-order valence-electron chi connectivity index (χ3n) is 4.20. The molecule has 2 aromatic carbocycles. The van der Waals surface area contributed by atoms with Crippen molar-refractivity contribution in [2.24, 2.45) is 0 Å². The van der Waals surface area contributed by atoms with Crippen LogP contribution in [0.3, 0.4) is 0 Å². The number of nitrogens with zero attached hydrogens (tertiary/aromatic N) is 2. The Morgan fingerprint density at radius 2 is 1.89 bits per heavy atom. The van der Waals surface area contributed by atoms with Crippen molar-refractivity contribution in [1.29, 1.82) is 0 Å². The molecule has 0 aliphatic heterocycles. The molecule has 6 heteroatoms. The number of aryl methyl sites for hydroxylation is 1. The number of methoxy groups -OCH3 is 1. The number of nitrogens with one attached hydrogen (secondary N) is 1. The maximum absolute atomic E-state index is 12.4. The maximum atomic E-state index is 12.4. The lowest BCUT2D eigenvalue weighted by molar-refractivity contribution is 0.0946. The van der Waals surface area contributed by atoms with Gasteiger partial charge in [-0.15, -0.1) is 0 Å². The lowest BCUT2D eigenvalue weighted by Gasteiger charge is -2.09. The third kappa shape index (κ3) is 4.47. The second kappa shape index (κ2) is 8.40. The van der Waals surface area contributed by atoms with Gasteiger partial charge in [-0.1, -0.05) is 18.2 Å². The van der Waals surface area contributed by atoms with Crippen LogP contribution in [-0.4, -0.2) is 35.9 Å². The molecule has 0 aliphatic carbocycles. The number of aromatic nitrogens is 2. The maximum Gasteiger partial charge on any atom is 0.254 e. The summed E-state index contributed by atoms with van der Waals surface area (Å²) in [6, 6.07) is 15.4. The van der Waals surface area contributed by atoms with Crippen LogP contribution in [-0.2, 0) is 0 Å². The highest BCUT2D eigenvalue weighted by Gasteiger charge is 2.14. The monoisotopic (exact) mass is 365 g/mol. The molecule has 3 aromatic rings. The summed E-state index contributed by atoms with van der Waals surface area (Å²) >= 11 is 0. The first-order chi connectivity index (χ1) is 13.1. The van der Waals surface area contributed by atoms with E-state index in [0.29, 0.717) is 24.5 Å². The van der Waals surface area contributed by atoms with E-state index < -0.39 is 0 Å². The molecule has 0 aliphatic rings. The Morgan fingerprint density at radius 3 is 2.67 bits per heavy atom. The zero-order chi connectivity index (χ0) is 19.2. The third-order valence-corrected chi connectivity index (χ3v) is 4.20. The fourth-order valence-corrected chi connectivity index (χ4v) is 2.77. The molecule has 0 spiro atoms. The van der Waals surface area contributed by atoms with Gasteiger partial charge in [0.2, 0.25) is 0 Å². The van der Waals surface area contributed by atoms with Crippen LogP contribution in [0.1, 0.15) is 21.6 Å². The van der Waals surface area contributed by atoms with E-state index in [1.54, 1.807) is 24.1 Å². The zero-order valence-corrected chi connectivity index (χ0v) is 15.7. The average molecular weight is 365 g/mol. The second-order valence-corrected chi connectivity index (χ2v) is 6.18. The summed E-state index contributed by atoms with van der Waals surface area (Å²) in [5.41, 5.74) is 3.43. The van der Waals surface area contributed by atoms with Gasteiger partial charge in [-0.25, -0.2) is 4.68 Å². The summed E-state index contributed by atoms with van der Waals surface area (Å²) in [6.07, 6.45) is 1.59. The SMILES string of the molecule is COc1cccc(OCCNC(=O)c2cnn(-c3cccc(C)c3)c2C)c1. The van der Waals surface area contributed by atoms with E-state index in [4.69, 9.17) is 9.47 Å². The van der Waals surface area contributed by atoms with E-state index in [9.17, 15) is 4.79 Å². The lowest BCUT2D eigenvalue weighted by atomic mass is 10.2. The Hall–Kier alpha value is -3.28. The Morgan fingerprint density at radius 1 is 1.11 bits per heavy atom. The van der Waals surface area contributed by atoms with Crippen molar-refractivity contribution in [2.45, 2.75) is 13.8 Å². The van der Waals surface area contributed by atoms with Crippen LogP contribution in [0.2, 0.25) is 0 Å². The van der Waals surface area contributed by atoms with Crippen LogP contribution in [0.4, 0.5) is 0 Å². The second-order valence-electron chi connectivity index (χ2n) is 6.18. The van der Waals surface area contributed by atoms with Gasteiger partial charge in [-0.3, -0.25) is 4.79 Å². The summed E-state index contributed by atoms with van der Waals surface area (Å²) in [7, 11) is 1.61. The summed E-state index contributed by atoms with van der Waals surface area (Å²) in [4.78, 5) is 12.4. The molecule has 6 nitrogen and oxygen atoms in total. The van der Waals surface area contributed by atoms with Crippen molar-refractivity contribution in [3.8, 4) is 17.2 Å². The highest BCUT2D eigenvalue weighted by atomic mass is 16.5. The number of hydrogen-bond acceptors (Lipinski definition) is 4. The van der Waals surface area contributed by atoms with Gasteiger partial charge < -0.3 is 14.8 Å². The number of ether oxygens (including phenoxy) is 2. The van der Waals surface area contributed by atoms with Gasteiger partial charge in [0.25, 0.3) is 5.91 Å². The molecular formula is C21H23N3O3. The summed E-state index contributed by atoms with van der Waals surface area (Å²) < 4.78 is 12.6. The topological polar surface area (TPSA) is 65.4 Å². The van der Waals surface area contributed by atoms with E-state index >= 15 is 0 Å². The lowest BCUT2D eigenvalue weighted by Crippen LogP contribution is -2.28. The van der Waals surface area contributed by atoms with Gasteiger partial charge in [0.1, 0.15) is 18.1 Å². The normalized spacial score (nSPS) is 10.5. The largest absolute Gasteiger partial charge is 0.497 e. The predicted molar refractivity (Wildman–Crippen MR) is 104 cm³/mol. The van der Waals surface area contributed by atoms with Gasteiger partial charge in [0, 0.05) is 6.07 Å². The van der Waals surface area contributed by atoms with Crippen molar-refractivity contribution in [2.75, 3.05) is 20.3 Å². The molecule has 140 valence electrons. The first kappa shape index (κ1) is 18.5. The number of benzene rings is 2. The molecule has 3 rings (SSSR count). The average Bonchev–Trinajstić information content (AvgIpc) is 3.07. The first-order valence-corrected chi connectivity index (χ1v) is 8.75. The van der Waals surface area contributed by atoms with E-state index in [1.807, 2.05) is 56.3 Å². The van der Waals surface area contributed by atoms with Crippen molar-refractivity contribution in [3.05, 3.63) is 71.5 Å². The van der Waals surface area contributed by atoms with Crippen LogP contribution in [0.25, 0.3) is 5.69 Å². The predicted octanol–water partition coefficient (Wildman–Crippen LogP) is 3.31. The van der Waals surface area contributed by atoms with Crippen LogP contribution >= 0.6 is 0 Å². The van der Waals surface area contributed by atoms with Gasteiger partial charge in [-0.05, 0) is 43.7 Å². The minimum absolute atomic E-state index is 0.166. The Bertz CT molecular complexity index is 934. The quantitative estimate of drug-likeness (QED) is 0.653. The smallest absolute Gasteiger partial charge is 0.254 e. The summed E-state index contributed by atoms with van der Waals surface area (Å²) in [5, 5.41) is 7.22. The van der Waals surface area contributed by atoms with Crippen molar-refractivity contribution < 1.29 is 14.3 Å². The molecule has 0 saturated carbocycles. The molecule has 1 amide bonds. The van der Waals surface area contributed by atoms with Crippen LogP contribution in [0, 0.1) is 13.8 Å². The molecule has 0 radical (unpaired) electrons. The highest BCUT2D eigenvalue weighted by Crippen LogP contribution is 2.18. The standard InChI is InChI=1S/C21H23N3O3/c1-15-6-4-7-17(12-15)24-16(2)20(14-23-24)21(25)22-10-11-27-19-9-5-8-18(13-19)26-3/h4-9,12-14H,10-11H2,1-3H3,(H,22,25). The Balaban J connectivity index is 1.57. The van der Waals surface area contributed by atoms with E-state index in [1.165, 1.54) is 0 Å².